The number of ether oxygens (including phenoxy) is 1. The summed E-state index contributed by atoms with van der Waals surface area (Å²) in [4.78, 5) is 36.1. The standard InChI is InChI=1S/C19H26O4/c1-3-4-6-11-17(20)16(14-15-9-7-5-8-10-15)18(21)12-13-19(22)23-2/h5,7-10,16H,3-4,6,11-14H2,1-2H3. The summed E-state index contributed by atoms with van der Waals surface area (Å²) in [5.41, 5.74) is 0.966. The molecule has 1 rings (SSSR count). The molecule has 1 atom stereocenters. The maximum Gasteiger partial charge on any atom is 0.305 e. The maximum atomic E-state index is 12.4. The molecule has 0 saturated heterocycles. The Balaban J connectivity index is 2.72. The van der Waals surface area contributed by atoms with Gasteiger partial charge in [-0.3, -0.25) is 14.4 Å². The zero-order chi connectivity index (χ0) is 17.1. The fourth-order valence-electron chi connectivity index (χ4n) is 2.48. The zero-order valence-corrected chi connectivity index (χ0v) is 14.0. The van der Waals surface area contributed by atoms with Gasteiger partial charge in [0.2, 0.25) is 0 Å². The molecule has 0 N–H and O–H groups in total. The monoisotopic (exact) mass is 318 g/mol. The first kappa shape index (κ1) is 19.1. The van der Waals surface area contributed by atoms with Crippen LogP contribution in [0.5, 0.6) is 0 Å². The fraction of sp³-hybridized carbons (Fsp3) is 0.526. The molecule has 0 radical (unpaired) electrons. The van der Waals surface area contributed by atoms with Crippen molar-refractivity contribution in [2.24, 2.45) is 5.92 Å². The molecular weight excluding hydrogens is 292 g/mol. The summed E-state index contributed by atoms with van der Waals surface area (Å²) >= 11 is 0. The Bertz CT molecular complexity index is 507. The minimum Gasteiger partial charge on any atom is -0.469 e. The summed E-state index contributed by atoms with van der Waals surface area (Å²) in [7, 11) is 1.30. The predicted octanol–water partition coefficient (Wildman–Crippen LogP) is 3.52. The molecule has 0 aliphatic heterocycles. The lowest BCUT2D eigenvalue weighted by atomic mass is 9.87. The number of Topliss-reactive ketones (excluding diaryl/α,β-unsaturated/α-hetero) is 2. The van der Waals surface area contributed by atoms with Gasteiger partial charge < -0.3 is 4.74 Å². The molecule has 0 aliphatic rings. The van der Waals surface area contributed by atoms with Gasteiger partial charge in [0, 0.05) is 12.8 Å². The van der Waals surface area contributed by atoms with E-state index in [2.05, 4.69) is 11.7 Å². The first-order chi connectivity index (χ1) is 11.1. The van der Waals surface area contributed by atoms with E-state index in [0.717, 1.165) is 24.8 Å². The van der Waals surface area contributed by atoms with Crippen molar-refractivity contribution in [2.45, 2.75) is 51.9 Å². The van der Waals surface area contributed by atoms with Gasteiger partial charge in [-0.15, -0.1) is 0 Å². The third kappa shape index (κ3) is 7.22. The van der Waals surface area contributed by atoms with Gasteiger partial charge >= 0.3 is 5.97 Å². The van der Waals surface area contributed by atoms with Gasteiger partial charge in [0.25, 0.3) is 0 Å². The van der Waals surface area contributed by atoms with Crippen molar-refractivity contribution in [2.75, 3.05) is 7.11 Å². The highest BCUT2D eigenvalue weighted by Crippen LogP contribution is 2.17. The van der Waals surface area contributed by atoms with Crippen molar-refractivity contribution in [3.05, 3.63) is 35.9 Å². The number of methoxy groups -OCH3 is 1. The van der Waals surface area contributed by atoms with E-state index in [1.807, 2.05) is 30.3 Å². The van der Waals surface area contributed by atoms with Crippen molar-refractivity contribution in [3.8, 4) is 0 Å². The van der Waals surface area contributed by atoms with Crippen molar-refractivity contribution >= 4 is 17.5 Å². The predicted molar refractivity (Wildman–Crippen MR) is 89.0 cm³/mol. The molecule has 126 valence electrons. The van der Waals surface area contributed by atoms with Gasteiger partial charge in [0.15, 0.2) is 0 Å². The highest BCUT2D eigenvalue weighted by Gasteiger charge is 2.26. The van der Waals surface area contributed by atoms with Gasteiger partial charge in [-0.05, 0) is 18.4 Å². The minimum absolute atomic E-state index is 0.0165. The first-order valence-electron chi connectivity index (χ1n) is 8.24. The number of carbonyl (C=O) groups is 3. The third-order valence-electron chi connectivity index (χ3n) is 3.89. The molecule has 0 aliphatic carbocycles. The van der Waals surface area contributed by atoms with Gasteiger partial charge in [0.1, 0.15) is 11.6 Å². The van der Waals surface area contributed by atoms with E-state index in [1.165, 1.54) is 7.11 Å². The van der Waals surface area contributed by atoms with Crippen LogP contribution >= 0.6 is 0 Å². The van der Waals surface area contributed by atoms with Crippen LogP contribution in [0.4, 0.5) is 0 Å². The topological polar surface area (TPSA) is 60.4 Å². The second-order valence-electron chi connectivity index (χ2n) is 5.71. The summed E-state index contributed by atoms with van der Waals surface area (Å²) in [5.74, 6) is -1.26. The van der Waals surface area contributed by atoms with Crippen LogP contribution < -0.4 is 0 Å². The second-order valence-corrected chi connectivity index (χ2v) is 5.71. The number of hydrogen-bond donors (Lipinski definition) is 0. The van der Waals surface area contributed by atoms with Crippen LogP contribution in [0.3, 0.4) is 0 Å². The lowest BCUT2D eigenvalue weighted by Crippen LogP contribution is -2.27. The Hall–Kier alpha value is -1.97. The summed E-state index contributed by atoms with van der Waals surface area (Å²) in [6, 6.07) is 9.53. The number of hydrogen-bond acceptors (Lipinski definition) is 4. The molecule has 0 amide bonds. The quantitative estimate of drug-likeness (QED) is 0.356. The van der Waals surface area contributed by atoms with E-state index in [-0.39, 0.29) is 24.4 Å². The van der Waals surface area contributed by atoms with Crippen molar-refractivity contribution in [1.29, 1.82) is 0 Å². The lowest BCUT2D eigenvalue weighted by molar-refractivity contribution is -0.143. The largest absolute Gasteiger partial charge is 0.469 e. The van der Waals surface area contributed by atoms with E-state index < -0.39 is 11.9 Å². The van der Waals surface area contributed by atoms with Gasteiger partial charge in [-0.25, -0.2) is 0 Å². The van der Waals surface area contributed by atoms with Crippen LogP contribution in [0, 0.1) is 5.92 Å². The average Bonchev–Trinajstić information content (AvgIpc) is 2.58. The van der Waals surface area contributed by atoms with Gasteiger partial charge in [0.05, 0.1) is 19.4 Å². The fourth-order valence-corrected chi connectivity index (χ4v) is 2.48. The molecule has 1 aromatic rings. The number of esters is 1. The normalized spacial score (nSPS) is 11.7. The molecule has 1 unspecified atom stereocenters. The average molecular weight is 318 g/mol. The van der Waals surface area contributed by atoms with E-state index >= 15 is 0 Å². The molecule has 1 aromatic carbocycles. The van der Waals surface area contributed by atoms with E-state index in [4.69, 9.17) is 0 Å². The van der Waals surface area contributed by atoms with Crippen LogP contribution in [0.1, 0.15) is 51.0 Å². The van der Waals surface area contributed by atoms with Crippen LogP contribution in [0.25, 0.3) is 0 Å². The molecule has 4 heteroatoms. The van der Waals surface area contributed by atoms with Crippen LogP contribution in [-0.4, -0.2) is 24.6 Å². The molecule has 0 spiro atoms. The SMILES string of the molecule is CCCCCC(=O)C(Cc1ccccc1)C(=O)CCC(=O)OC. The first-order valence-corrected chi connectivity index (χ1v) is 8.24. The number of ketones is 2. The Labute approximate surface area is 138 Å². The Morgan fingerprint density at radius 3 is 2.22 bits per heavy atom. The molecule has 0 saturated carbocycles. The summed E-state index contributed by atoms with van der Waals surface area (Å²) in [6.45, 7) is 2.08. The number of unbranched alkanes of at least 4 members (excludes halogenated alkanes) is 2. The zero-order valence-electron chi connectivity index (χ0n) is 14.0. The maximum absolute atomic E-state index is 12.4. The second kappa shape index (κ2) is 10.7. The highest BCUT2D eigenvalue weighted by molar-refractivity contribution is 6.03. The van der Waals surface area contributed by atoms with E-state index in [1.54, 1.807) is 0 Å². The van der Waals surface area contributed by atoms with Crippen molar-refractivity contribution in [3.63, 3.8) is 0 Å². The van der Waals surface area contributed by atoms with E-state index in [0.29, 0.717) is 12.8 Å². The number of rotatable bonds is 11. The molecule has 0 fully saturated rings. The third-order valence-corrected chi connectivity index (χ3v) is 3.89. The van der Waals surface area contributed by atoms with E-state index in [9.17, 15) is 14.4 Å². The van der Waals surface area contributed by atoms with Gasteiger partial charge in [-0.2, -0.15) is 0 Å². The molecular formula is C19H26O4. The molecule has 4 nitrogen and oxygen atoms in total. The number of carbonyl (C=O) groups excluding carboxylic acids is 3. The Kier molecular flexibility index (Phi) is 8.88. The highest BCUT2D eigenvalue weighted by atomic mass is 16.5. The van der Waals surface area contributed by atoms with Crippen molar-refractivity contribution in [1.82, 2.24) is 0 Å². The molecule has 23 heavy (non-hydrogen) atoms. The molecule has 0 heterocycles. The molecule has 0 bridgehead atoms. The lowest BCUT2D eigenvalue weighted by Gasteiger charge is -2.15. The summed E-state index contributed by atoms with van der Waals surface area (Å²) in [6.07, 6.45) is 3.76. The smallest absolute Gasteiger partial charge is 0.305 e. The van der Waals surface area contributed by atoms with Gasteiger partial charge in [-0.1, -0.05) is 50.1 Å². The van der Waals surface area contributed by atoms with Crippen LogP contribution in [-0.2, 0) is 25.5 Å². The number of benzene rings is 1. The minimum atomic E-state index is -0.654. The summed E-state index contributed by atoms with van der Waals surface area (Å²) < 4.78 is 4.56. The Morgan fingerprint density at radius 2 is 1.61 bits per heavy atom. The van der Waals surface area contributed by atoms with Crippen molar-refractivity contribution < 1.29 is 19.1 Å². The molecule has 0 aromatic heterocycles. The van der Waals surface area contributed by atoms with Crippen LogP contribution in [0.2, 0.25) is 0 Å². The van der Waals surface area contributed by atoms with Crippen LogP contribution in [0.15, 0.2) is 30.3 Å². The Morgan fingerprint density at radius 1 is 0.957 bits per heavy atom. The summed E-state index contributed by atoms with van der Waals surface area (Å²) in [5, 5.41) is 0.